The summed E-state index contributed by atoms with van der Waals surface area (Å²) < 4.78 is 0. The first kappa shape index (κ1) is 50.5. The van der Waals surface area contributed by atoms with Crippen LogP contribution in [0.5, 0.6) is 0 Å². The molecule has 0 atom stereocenters. The standard InChI is InChI=1S/C79H65N3/c1-77(2)69-46-38-56(34-32-54-36-42-65-67-44-40-63(52-73(67)78(3,4)71(65)48-54)80(58-22-12-7-13-23-58)59-24-14-8-15-25-59)50-75(69)82(62-30-20-11-21-31-62)76-51-57(39-47-70(76)77)35-33-55-37-43-66-68-45-41-64(53-74(68)79(5,6)72(66)49-55)81(60-26-16-9-17-27-60)61-28-18-10-19-29-61/h7-53H,1-6H3/b34-32+,35-33+. The Labute approximate surface area is 484 Å². The van der Waals surface area contributed by atoms with Crippen LogP contribution in [0.25, 0.3) is 46.6 Å². The topological polar surface area (TPSA) is 9.72 Å². The Bertz CT molecular complexity index is 3950. The van der Waals surface area contributed by atoms with Crippen LogP contribution >= 0.6 is 0 Å². The molecule has 1 aliphatic heterocycles. The fourth-order valence-electron chi connectivity index (χ4n) is 13.4. The molecule has 396 valence electrons. The molecule has 1 heterocycles. The largest absolute Gasteiger partial charge is 0.310 e. The predicted molar refractivity (Wildman–Crippen MR) is 348 cm³/mol. The Kier molecular flexibility index (Phi) is 12.2. The van der Waals surface area contributed by atoms with Crippen molar-refractivity contribution in [3.63, 3.8) is 0 Å². The molecule has 0 saturated carbocycles. The fourth-order valence-corrected chi connectivity index (χ4v) is 13.4. The van der Waals surface area contributed by atoms with Gasteiger partial charge < -0.3 is 14.7 Å². The highest BCUT2D eigenvalue weighted by atomic mass is 15.2. The average molecular weight is 1060 g/mol. The molecule has 0 bridgehead atoms. The van der Waals surface area contributed by atoms with Crippen molar-refractivity contribution in [3.8, 4) is 22.3 Å². The molecule has 11 aromatic rings. The van der Waals surface area contributed by atoms with Crippen LogP contribution < -0.4 is 14.7 Å². The van der Waals surface area contributed by atoms with E-state index in [1.165, 1.54) is 78.1 Å². The molecule has 0 fully saturated rings. The van der Waals surface area contributed by atoms with Gasteiger partial charge in [-0.05, 0) is 175 Å². The Morgan fingerprint density at radius 2 is 0.537 bits per heavy atom. The van der Waals surface area contributed by atoms with Gasteiger partial charge in [-0.15, -0.1) is 0 Å². The van der Waals surface area contributed by atoms with Crippen LogP contribution in [0.15, 0.2) is 261 Å². The van der Waals surface area contributed by atoms with Crippen LogP contribution in [0, 0.1) is 0 Å². The van der Waals surface area contributed by atoms with Crippen LogP contribution in [-0.2, 0) is 16.2 Å². The zero-order valence-corrected chi connectivity index (χ0v) is 47.5. The first-order valence-electron chi connectivity index (χ1n) is 28.8. The zero-order chi connectivity index (χ0) is 55.7. The molecule has 0 unspecified atom stereocenters. The highest BCUT2D eigenvalue weighted by Gasteiger charge is 2.39. The van der Waals surface area contributed by atoms with Gasteiger partial charge in [-0.2, -0.15) is 0 Å². The van der Waals surface area contributed by atoms with Gasteiger partial charge in [-0.1, -0.05) is 230 Å². The summed E-state index contributed by atoms with van der Waals surface area (Å²) in [6.45, 7) is 14.3. The molecule has 0 radical (unpaired) electrons. The molecule has 0 amide bonds. The molecule has 14 rings (SSSR count). The summed E-state index contributed by atoms with van der Waals surface area (Å²) >= 11 is 0. The van der Waals surface area contributed by atoms with E-state index >= 15 is 0 Å². The lowest BCUT2D eigenvalue weighted by Crippen LogP contribution is -2.30. The van der Waals surface area contributed by atoms with Gasteiger partial charge >= 0.3 is 0 Å². The second-order valence-electron chi connectivity index (χ2n) is 23.8. The number of hydrogen-bond donors (Lipinski definition) is 0. The van der Waals surface area contributed by atoms with E-state index < -0.39 is 0 Å². The Balaban J connectivity index is 0.754. The fraction of sp³-hybridized carbons (Fsp3) is 0.114. The summed E-state index contributed by atoms with van der Waals surface area (Å²) in [5, 5.41) is 0. The summed E-state index contributed by atoms with van der Waals surface area (Å²) in [7, 11) is 0. The maximum Gasteiger partial charge on any atom is 0.0508 e. The molecule has 2 aliphatic carbocycles. The summed E-state index contributed by atoms with van der Waals surface area (Å²) in [6, 6.07) is 95.7. The minimum absolute atomic E-state index is 0.191. The van der Waals surface area contributed by atoms with E-state index in [9.17, 15) is 0 Å². The molecule has 82 heavy (non-hydrogen) atoms. The summed E-state index contributed by atoms with van der Waals surface area (Å²) in [4.78, 5) is 7.20. The van der Waals surface area contributed by atoms with Crippen molar-refractivity contribution in [2.24, 2.45) is 0 Å². The van der Waals surface area contributed by atoms with E-state index in [0.29, 0.717) is 0 Å². The molecule has 0 aromatic heterocycles. The molecule has 3 nitrogen and oxygen atoms in total. The van der Waals surface area contributed by atoms with Crippen LogP contribution in [0.4, 0.5) is 51.2 Å². The first-order chi connectivity index (χ1) is 39.9. The third kappa shape index (κ3) is 8.59. The molecule has 3 aliphatic rings. The number of hydrogen-bond acceptors (Lipinski definition) is 3. The second kappa shape index (κ2) is 19.8. The van der Waals surface area contributed by atoms with Crippen molar-refractivity contribution in [1.29, 1.82) is 0 Å². The van der Waals surface area contributed by atoms with E-state index in [1.807, 2.05) is 0 Å². The van der Waals surface area contributed by atoms with Crippen molar-refractivity contribution < 1.29 is 0 Å². The molecule has 3 heteroatoms. The number of nitrogens with zero attached hydrogens (tertiary/aromatic N) is 3. The van der Waals surface area contributed by atoms with Crippen molar-refractivity contribution >= 4 is 75.5 Å². The van der Waals surface area contributed by atoms with Gasteiger partial charge in [0.2, 0.25) is 0 Å². The quantitative estimate of drug-likeness (QED) is 0.120. The van der Waals surface area contributed by atoms with Gasteiger partial charge in [-0.3, -0.25) is 0 Å². The van der Waals surface area contributed by atoms with Gasteiger partial charge in [0.05, 0.1) is 11.4 Å². The number of benzene rings is 11. The van der Waals surface area contributed by atoms with Crippen LogP contribution in [0.1, 0.15) is 97.2 Å². The third-order valence-corrected chi connectivity index (χ3v) is 17.8. The lowest BCUT2D eigenvalue weighted by Gasteiger charge is -2.42. The molecule has 0 saturated heterocycles. The average Bonchev–Trinajstić information content (AvgIpc) is 2.60. The normalized spacial score (nSPS) is 14.6. The van der Waals surface area contributed by atoms with Crippen molar-refractivity contribution in [1.82, 2.24) is 0 Å². The molecule has 0 spiro atoms. The van der Waals surface area contributed by atoms with Gasteiger partial charge in [0.1, 0.15) is 0 Å². The van der Waals surface area contributed by atoms with Gasteiger partial charge in [-0.25, -0.2) is 0 Å². The van der Waals surface area contributed by atoms with E-state index in [4.69, 9.17) is 0 Å². The number of para-hydroxylation sites is 5. The Hall–Kier alpha value is -9.70. The van der Waals surface area contributed by atoms with E-state index in [1.54, 1.807) is 0 Å². The SMILES string of the molecule is CC1(C)c2cc(/C=C/c3ccc4c(c3)N(c3ccccc3)c3cc(/C=C/c5ccc6c(c5)C(C)(C)c5cc(N(c7ccccc7)c7ccccc7)ccc5-6)ccc3C4(C)C)ccc2-c2ccc(N(c3ccccc3)c3ccccc3)cc21. The molecule has 11 aromatic carbocycles. The van der Waals surface area contributed by atoms with Crippen LogP contribution in [-0.4, -0.2) is 0 Å². The summed E-state index contributed by atoms with van der Waals surface area (Å²) in [5.74, 6) is 0. The minimum atomic E-state index is -0.236. The van der Waals surface area contributed by atoms with Crippen molar-refractivity contribution in [3.05, 3.63) is 316 Å². The Morgan fingerprint density at radius 1 is 0.256 bits per heavy atom. The summed E-state index contributed by atoms with van der Waals surface area (Å²) in [6.07, 6.45) is 9.16. The first-order valence-corrected chi connectivity index (χ1v) is 28.8. The van der Waals surface area contributed by atoms with E-state index in [-0.39, 0.29) is 16.2 Å². The molecule has 0 N–H and O–H groups in total. The van der Waals surface area contributed by atoms with Gasteiger partial charge in [0.25, 0.3) is 0 Å². The van der Waals surface area contributed by atoms with Gasteiger partial charge in [0.15, 0.2) is 0 Å². The number of anilines is 9. The predicted octanol–water partition coefficient (Wildman–Crippen LogP) is 21.7. The summed E-state index contributed by atoms with van der Waals surface area (Å²) in [5.41, 5.74) is 27.7. The van der Waals surface area contributed by atoms with Crippen LogP contribution in [0.2, 0.25) is 0 Å². The second-order valence-corrected chi connectivity index (χ2v) is 23.8. The minimum Gasteiger partial charge on any atom is -0.310 e. The maximum atomic E-state index is 2.48. The van der Waals surface area contributed by atoms with Crippen molar-refractivity contribution in [2.45, 2.75) is 57.8 Å². The third-order valence-electron chi connectivity index (χ3n) is 17.8. The lowest BCUT2D eigenvalue weighted by atomic mass is 9.73. The van der Waals surface area contributed by atoms with Crippen molar-refractivity contribution in [2.75, 3.05) is 14.7 Å². The molecular formula is C79H65N3. The highest BCUT2D eigenvalue weighted by Crippen LogP contribution is 2.55. The highest BCUT2D eigenvalue weighted by molar-refractivity contribution is 5.92. The van der Waals surface area contributed by atoms with Crippen LogP contribution in [0.3, 0.4) is 0 Å². The smallest absolute Gasteiger partial charge is 0.0508 e. The Morgan fingerprint density at radius 3 is 0.890 bits per heavy atom. The number of rotatable bonds is 11. The molecular weight excluding hydrogens is 991 g/mol. The van der Waals surface area contributed by atoms with E-state index in [2.05, 4.69) is 341 Å². The van der Waals surface area contributed by atoms with E-state index in [0.717, 1.165) is 50.9 Å². The number of fused-ring (bicyclic) bond motifs is 8. The lowest BCUT2D eigenvalue weighted by molar-refractivity contribution is 0.632. The zero-order valence-electron chi connectivity index (χ0n) is 47.5. The van der Waals surface area contributed by atoms with Gasteiger partial charge in [0, 0.05) is 56.1 Å². The monoisotopic (exact) mass is 1060 g/mol. The maximum absolute atomic E-state index is 2.48.